The fraction of sp³-hybridized carbons (Fsp3) is 0.455. The van der Waals surface area contributed by atoms with Gasteiger partial charge in [0.2, 0.25) is 5.91 Å². The van der Waals surface area contributed by atoms with Gasteiger partial charge < -0.3 is 25.4 Å². The normalized spacial score (nSPS) is 13.6. The summed E-state index contributed by atoms with van der Waals surface area (Å²) in [6, 6.07) is 9.85. The third-order valence-electron chi connectivity index (χ3n) is 4.15. The molecule has 0 radical (unpaired) electrons. The summed E-state index contributed by atoms with van der Waals surface area (Å²) >= 11 is 1.73. The monoisotopic (exact) mass is 558 g/mol. The molecule has 1 aromatic heterocycles. The average Bonchev–Trinajstić information content (AvgIpc) is 3.08. The largest absolute Gasteiger partial charge is 0.490 e. The fourth-order valence-corrected chi connectivity index (χ4v) is 3.59. The van der Waals surface area contributed by atoms with Crippen LogP contribution < -0.4 is 25.4 Å². The van der Waals surface area contributed by atoms with Gasteiger partial charge in [-0.2, -0.15) is 0 Å². The van der Waals surface area contributed by atoms with E-state index < -0.39 is 0 Å². The molecule has 0 unspecified atom stereocenters. The molecule has 2 aromatic rings. The van der Waals surface area contributed by atoms with Crippen LogP contribution in [0.3, 0.4) is 0 Å². The summed E-state index contributed by atoms with van der Waals surface area (Å²) in [5.41, 5.74) is 0.527. The minimum Gasteiger partial charge on any atom is -0.490 e. The molecule has 170 valence electrons. The number of anilines is 1. The van der Waals surface area contributed by atoms with Crippen molar-refractivity contribution in [3.63, 3.8) is 0 Å². The molecule has 9 heteroatoms. The number of hydrogen-bond donors (Lipinski definition) is 3. The van der Waals surface area contributed by atoms with Crippen LogP contribution in [-0.2, 0) is 11.2 Å². The standard InChI is InChI=1S/C22H30N4O3S.HI/c1-22(2,3)26-20(27)15-24-21(23-10-9-17-6-4-13-30-17)25-16-7-8-18-19(14-16)29-12-5-11-28-18;/h4,6-8,13-14H,5,9-12,15H2,1-3H3,(H,26,27)(H2,23,24,25);1H. The van der Waals surface area contributed by atoms with Crippen LogP contribution in [-0.4, -0.2) is 43.7 Å². The number of aliphatic imine (C=N–C) groups is 1. The second-order valence-electron chi connectivity index (χ2n) is 8.06. The summed E-state index contributed by atoms with van der Waals surface area (Å²) in [5, 5.41) is 11.6. The summed E-state index contributed by atoms with van der Waals surface area (Å²) in [5.74, 6) is 1.87. The van der Waals surface area contributed by atoms with Crippen LogP contribution in [0.25, 0.3) is 0 Å². The first-order valence-electron chi connectivity index (χ1n) is 10.2. The fourth-order valence-electron chi connectivity index (χ4n) is 2.88. The van der Waals surface area contributed by atoms with Crippen molar-refractivity contribution in [2.45, 2.75) is 39.2 Å². The van der Waals surface area contributed by atoms with Gasteiger partial charge in [0, 0.05) is 35.1 Å². The third kappa shape index (κ3) is 8.94. The maximum Gasteiger partial charge on any atom is 0.242 e. The number of carbonyl (C=O) groups excluding carboxylic acids is 1. The zero-order chi connectivity index (χ0) is 21.4. The van der Waals surface area contributed by atoms with Crippen molar-refractivity contribution >= 4 is 52.9 Å². The van der Waals surface area contributed by atoms with Crippen LogP contribution in [0.15, 0.2) is 40.7 Å². The molecule has 1 aliphatic heterocycles. The predicted molar refractivity (Wildman–Crippen MR) is 137 cm³/mol. The Balaban J connectivity index is 0.00000341. The third-order valence-corrected chi connectivity index (χ3v) is 5.09. The van der Waals surface area contributed by atoms with E-state index in [1.807, 2.05) is 45.0 Å². The van der Waals surface area contributed by atoms with Gasteiger partial charge in [0.25, 0.3) is 0 Å². The van der Waals surface area contributed by atoms with Gasteiger partial charge in [-0.25, -0.2) is 4.99 Å². The van der Waals surface area contributed by atoms with E-state index in [4.69, 9.17) is 9.47 Å². The Kier molecular flexibility index (Phi) is 9.89. The number of guanidine groups is 1. The Hall–Kier alpha value is -2.01. The van der Waals surface area contributed by atoms with Gasteiger partial charge in [-0.3, -0.25) is 4.79 Å². The lowest BCUT2D eigenvalue weighted by molar-refractivity contribution is -0.121. The van der Waals surface area contributed by atoms with E-state index in [2.05, 4.69) is 32.4 Å². The van der Waals surface area contributed by atoms with Gasteiger partial charge in [-0.05, 0) is 50.8 Å². The topological polar surface area (TPSA) is 84.0 Å². The van der Waals surface area contributed by atoms with Crippen LogP contribution in [0.1, 0.15) is 32.1 Å². The Morgan fingerprint density at radius 1 is 1.16 bits per heavy atom. The molecule has 2 heterocycles. The Morgan fingerprint density at radius 3 is 2.65 bits per heavy atom. The maximum atomic E-state index is 12.2. The lowest BCUT2D eigenvalue weighted by Gasteiger charge is -2.20. The van der Waals surface area contributed by atoms with E-state index in [9.17, 15) is 4.79 Å². The molecule has 0 atom stereocenters. The maximum absolute atomic E-state index is 12.2. The molecule has 0 aliphatic carbocycles. The molecule has 1 aromatic carbocycles. The minimum atomic E-state index is -0.291. The predicted octanol–water partition coefficient (Wildman–Crippen LogP) is 4.04. The Morgan fingerprint density at radius 2 is 1.94 bits per heavy atom. The van der Waals surface area contributed by atoms with E-state index in [-0.39, 0.29) is 42.0 Å². The number of rotatable bonds is 6. The van der Waals surface area contributed by atoms with Crippen molar-refractivity contribution in [1.82, 2.24) is 10.6 Å². The van der Waals surface area contributed by atoms with E-state index in [1.165, 1.54) is 4.88 Å². The molecule has 1 aliphatic rings. The highest BCUT2D eigenvalue weighted by atomic mass is 127. The number of benzene rings is 1. The highest BCUT2D eigenvalue weighted by molar-refractivity contribution is 14.0. The first kappa shape index (κ1) is 25.3. The number of thiophene rings is 1. The number of carbonyl (C=O) groups is 1. The van der Waals surface area contributed by atoms with Crippen molar-refractivity contribution in [2.24, 2.45) is 4.99 Å². The molecule has 0 saturated carbocycles. The Labute approximate surface area is 205 Å². The summed E-state index contributed by atoms with van der Waals surface area (Å²) < 4.78 is 11.5. The number of hydrogen-bond acceptors (Lipinski definition) is 5. The molecule has 31 heavy (non-hydrogen) atoms. The van der Waals surface area contributed by atoms with E-state index in [0.29, 0.717) is 31.5 Å². The molecule has 0 fully saturated rings. The van der Waals surface area contributed by atoms with E-state index in [0.717, 1.165) is 24.3 Å². The SMILES string of the molecule is CC(C)(C)NC(=O)CN=C(NCCc1cccs1)Nc1ccc2c(c1)OCCCO2.I. The van der Waals surface area contributed by atoms with Crippen molar-refractivity contribution < 1.29 is 14.3 Å². The van der Waals surface area contributed by atoms with Gasteiger partial charge in [-0.1, -0.05) is 6.07 Å². The number of ether oxygens (including phenoxy) is 2. The number of nitrogens with one attached hydrogen (secondary N) is 3. The van der Waals surface area contributed by atoms with Crippen LogP contribution in [0.5, 0.6) is 11.5 Å². The Bertz CT molecular complexity index is 866. The summed E-state index contributed by atoms with van der Waals surface area (Å²) in [7, 11) is 0. The quantitative estimate of drug-likeness (QED) is 0.283. The summed E-state index contributed by atoms with van der Waals surface area (Å²) in [4.78, 5) is 18.0. The van der Waals surface area contributed by atoms with Gasteiger partial charge in [0.05, 0.1) is 13.2 Å². The number of fused-ring (bicyclic) bond motifs is 1. The number of nitrogens with zero attached hydrogens (tertiary/aromatic N) is 1. The van der Waals surface area contributed by atoms with Gasteiger partial charge in [0.15, 0.2) is 17.5 Å². The summed E-state index contributed by atoms with van der Waals surface area (Å²) in [6.45, 7) is 7.87. The van der Waals surface area contributed by atoms with Crippen molar-refractivity contribution in [1.29, 1.82) is 0 Å². The smallest absolute Gasteiger partial charge is 0.242 e. The first-order valence-corrected chi connectivity index (χ1v) is 11.1. The van der Waals surface area contributed by atoms with Gasteiger partial charge >= 0.3 is 0 Å². The molecule has 0 saturated heterocycles. The lowest BCUT2D eigenvalue weighted by atomic mass is 10.1. The first-order chi connectivity index (χ1) is 14.4. The number of halogens is 1. The lowest BCUT2D eigenvalue weighted by Crippen LogP contribution is -2.42. The molecule has 3 N–H and O–H groups in total. The van der Waals surface area contributed by atoms with Crippen LogP contribution in [0.2, 0.25) is 0 Å². The van der Waals surface area contributed by atoms with Crippen LogP contribution in [0.4, 0.5) is 5.69 Å². The molecule has 0 spiro atoms. The zero-order valence-electron chi connectivity index (χ0n) is 18.2. The molecule has 1 amide bonds. The van der Waals surface area contributed by atoms with Crippen LogP contribution >= 0.6 is 35.3 Å². The van der Waals surface area contributed by atoms with E-state index >= 15 is 0 Å². The minimum absolute atomic E-state index is 0. The van der Waals surface area contributed by atoms with Crippen molar-refractivity contribution in [2.75, 3.05) is 31.6 Å². The molecule has 0 bridgehead atoms. The molecular weight excluding hydrogens is 527 g/mol. The van der Waals surface area contributed by atoms with E-state index in [1.54, 1.807) is 11.3 Å². The zero-order valence-corrected chi connectivity index (χ0v) is 21.3. The number of amides is 1. The molecular formula is C22H31IN4O3S. The molecule has 3 rings (SSSR count). The van der Waals surface area contributed by atoms with Crippen LogP contribution in [0, 0.1) is 0 Å². The second kappa shape index (κ2) is 12.1. The van der Waals surface area contributed by atoms with Gasteiger partial charge in [0.1, 0.15) is 6.54 Å². The molecule has 7 nitrogen and oxygen atoms in total. The highest BCUT2D eigenvalue weighted by Crippen LogP contribution is 2.32. The summed E-state index contributed by atoms with van der Waals surface area (Å²) in [6.07, 6.45) is 1.74. The average molecular weight is 558 g/mol. The highest BCUT2D eigenvalue weighted by Gasteiger charge is 2.14. The van der Waals surface area contributed by atoms with Crippen molar-refractivity contribution in [3.8, 4) is 11.5 Å². The second-order valence-corrected chi connectivity index (χ2v) is 9.09. The van der Waals surface area contributed by atoms with Gasteiger partial charge in [-0.15, -0.1) is 35.3 Å². The van der Waals surface area contributed by atoms with Crippen molar-refractivity contribution in [3.05, 3.63) is 40.6 Å².